The molecule has 2 rings (SSSR count). The van der Waals surface area contributed by atoms with Crippen LogP contribution in [0.25, 0.3) is 0 Å². The Morgan fingerprint density at radius 3 is 2.62 bits per heavy atom. The van der Waals surface area contributed by atoms with Gasteiger partial charge in [0.25, 0.3) is 0 Å². The summed E-state index contributed by atoms with van der Waals surface area (Å²) in [5.74, 6) is 1.20. The molecule has 2 heterocycles. The lowest BCUT2D eigenvalue weighted by Gasteiger charge is -2.12. The first-order valence-electron chi connectivity index (χ1n) is 6.36. The van der Waals surface area contributed by atoms with Crippen molar-refractivity contribution in [3.63, 3.8) is 0 Å². The van der Waals surface area contributed by atoms with Gasteiger partial charge in [-0.2, -0.15) is 5.21 Å². The van der Waals surface area contributed by atoms with Crippen LogP contribution in [0.5, 0.6) is 0 Å². The van der Waals surface area contributed by atoms with E-state index in [1.165, 1.54) is 0 Å². The number of rotatable bonds is 6. The second-order valence-corrected chi connectivity index (χ2v) is 6.32. The first-order valence-corrected chi connectivity index (χ1v) is 7.84. The number of hydrogen-bond acceptors (Lipinski definition) is 7. The molecule has 0 spiro atoms. The summed E-state index contributed by atoms with van der Waals surface area (Å²) in [5, 5.41) is 16.2. The first kappa shape index (κ1) is 15.6. The molecule has 10 heteroatoms. The summed E-state index contributed by atoms with van der Waals surface area (Å²) >= 11 is 0. The standard InChI is InChI=1S/C11H18N6O3S/c1-6(11-13-16-17-14-11)15-21(18,19)10-8(3)20-7(2)9(10)5-12-4/h6,12,15H,5H2,1-4H3,(H,13,14,16,17). The molecule has 0 aliphatic carbocycles. The lowest BCUT2D eigenvalue weighted by atomic mass is 10.2. The van der Waals surface area contributed by atoms with Crippen LogP contribution >= 0.6 is 0 Å². The van der Waals surface area contributed by atoms with Gasteiger partial charge < -0.3 is 9.73 Å². The predicted octanol–water partition coefficient (Wildman–Crippen LogP) is 0.168. The van der Waals surface area contributed by atoms with E-state index in [1.54, 1.807) is 27.8 Å². The van der Waals surface area contributed by atoms with E-state index >= 15 is 0 Å². The zero-order valence-corrected chi connectivity index (χ0v) is 13.1. The van der Waals surface area contributed by atoms with E-state index < -0.39 is 16.1 Å². The molecule has 0 fully saturated rings. The third-order valence-electron chi connectivity index (χ3n) is 3.03. The molecule has 0 radical (unpaired) electrons. The summed E-state index contributed by atoms with van der Waals surface area (Å²) in [7, 11) is -2.01. The predicted molar refractivity (Wildman–Crippen MR) is 73.9 cm³/mol. The molecule has 0 bridgehead atoms. The van der Waals surface area contributed by atoms with Gasteiger partial charge in [0.1, 0.15) is 16.4 Å². The van der Waals surface area contributed by atoms with Crippen molar-refractivity contribution in [3.05, 3.63) is 22.9 Å². The van der Waals surface area contributed by atoms with Gasteiger partial charge in [-0.3, -0.25) is 0 Å². The molecular weight excluding hydrogens is 296 g/mol. The maximum absolute atomic E-state index is 12.6. The summed E-state index contributed by atoms with van der Waals surface area (Å²) in [5.41, 5.74) is 0.614. The van der Waals surface area contributed by atoms with E-state index in [4.69, 9.17) is 4.42 Å². The van der Waals surface area contributed by atoms with Crippen molar-refractivity contribution < 1.29 is 12.8 Å². The molecule has 0 aliphatic heterocycles. The number of tetrazole rings is 1. The Labute approximate surface area is 122 Å². The Hall–Kier alpha value is -1.78. The molecule has 21 heavy (non-hydrogen) atoms. The largest absolute Gasteiger partial charge is 0.465 e. The number of hydrogen-bond donors (Lipinski definition) is 3. The van der Waals surface area contributed by atoms with Crippen molar-refractivity contribution in [2.45, 2.75) is 38.3 Å². The highest BCUT2D eigenvalue weighted by atomic mass is 32.2. The fourth-order valence-electron chi connectivity index (χ4n) is 2.14. The maximum Gasteiger partial charge on any atom is 0.245 e. The lowest BCUT2D eigenvalue weighted by molar-refractivity contribution is 0.492. The molecular formula is C11H18N6O3S. The van der Waals surface area contributed by atoms with Crippen LogP contribution < -0.4 is 10.0 Å². The van der Waals surface area contributed by atoms with Crippen molar-refractivity contribution in [3.8, 4) is 0 Å². The van der Waals surface area contributed by atoms with Gasteiger partial charge in [0, 0.05) is 12.1 Å². The summed E-state index contributed by atoms with van der Waals surface area (Å²) in [6, 6.07) is -0.606. The Morgan fingerprint density at radius 2 is 2.05 bits per heavy atom. The highest BCUT2D eigenvalue weighted by Crippen LogP contribution is 2.27. The van der Waals surface area contributed by atoms with Gasteiger partial charge in [0.05, 0.1) is 6.04 Å². The van der Waals surface area contributed by atoms with Crippen LogP contribution in [-0.4, -0.2) is 36.1 Å². The van der Waals surface area contributed by atoms with Gasteiger partial charge in [-0.1, -0.05) is 5.21 Å². The number of nitrogens with one attached hydrogen (secondary N) is 3. The van der Waals surface area contributed by atoms with Gasteiger partial charge in [0.2, 0.25) is 10.0 Å². The van der Waals surface area contributed by atoms with Crippen molar-refractivity contribution >= 4 is 10.0 Å². The molecule has 116 valence electrons. The van der Waals surface area contributed by atoms with E-state index in [9.17, 15) is 8.42 Å². The topological polar surface area (TPSA) is 126 Å². The summed E-state index contributed by atoms with van der Waals surface area (Å²) in [6.07, 6.45) is 0. The number of aromatic nitrogens is 4. The van der Waals surface area contributed by atoms with Gasteiger partial charge in [0.15, 0.2) is 5.82 Å². The summed E-state index contributed by atoms with van der Waals surface area (Å²) in [6.45, 7) is 5.40. The van der Waals surface area contributed by atoms with Crippen molar-refractivity contribution in [1.29, 1.82) is 0 Å². The highest BCUT2D eigenvalue weighted by Gasteiger charge is 2.29. The van der Waals surface area contributed by atoms with Crippen LogP contribution in [-0.2, 0) is 16.6 Å². The van der Waals surface area contributed by atoms with Crippen LogP contribution in [0.1, 0.15) is 35.9 Å². The molecule has 3 N–H and O–H groups in total. The molecule has 0 aromatic carbocycles. The zero-order chi connectivity index (χ0) is 15.6. The number of sulfonamides is 1. The third kappa shape index (κ3) is 3.12. The average molecular weight is 314 g/mol. The van der Waals surface area contributed by atoms with Crippen molar-refractivity contribution in [2.24, 2.45) is 0 Å². The number of nitrogens with zero attached hydrogens (tertiary/aromatic N) is 3. The first-order chi connectivity index (χ1) is 9.86. The number of H-pyrrole nitrogens is 1. The van der Waals surface area contributed by atoms with Gasteiger partial charge in [-0.15, -0.1) is 10.2 Å². The van der Waals surface area contributed by atoms with E-state index in [1.807, 2.05) is 0 Å². The van der Waals surface area contributed by atoms with Crippen LogP contribution in [0.2, 0.25) is 0 Å². The second kappa shape index (κ2) is 5.92. The highest BCUT2D eigenvalue weighted by molar-refractivity contribution is 7.89. The molecule has 9 nitrogen and oxygen atoms in total. The summed E-state index contributed by atoms with van der Waals surface area (Å²) < 4.78 is 33.1. The van der Waals surface area contributed by atoms with E-state index in [0.29, 0.717) is 23.6 Å². The average Bonchev–Trinajstić information content (AvgIpc) is 2.98. The Morgan fingerprint density at radius 1 is 1.33 bits per heavy atom. The minimum absolute atomic E-state index is 0.157. The van der Waals surface area contributed by atoms with E-state index in [2.05, 4.69) is 30.7 Å². The Kier molecular flexibility index (Phi) is 4.40. The lowest BCUT2D eigenvalue weighted by Crippen LogP contribution is -2.29. The molecule has 0 saturated carbocycles. The zero-order valence-electron chi connectivity index (χ0n) is 12.3. The number of aromatic amines is 1. The molecule has 1 unspecified atom stereocenters. The van der Waals surface area contributed by atoms with Crippen molar-refractivity contribution in [2.75, 3.05) is 7.05 Å². The van der Waals surface area contributed by atoms with Gasteiger partial charge >= 0.3 is 0 Å². The smallest absolute Gasteiger partial charge is 0.245 e. The maximum atomic E-state index is 12.6. The third-order valence-corrected chi connectivity index (χ3v) is 4.76. The van der Waals surface area contributed by atoms with E-state index in [-0.39, 0.29) is 10.7 Å². The molecule has 1 atom stereocenters. The molecule has 2 aromatic rings. The fourth-order valence-corrected chi connectivity index (χ4v) is 3.79. The quantitative estimate of drug-likeness (QED) is 0.693. The van der Waals surface area contributed by atoms with Crippen LogP contribution in [0.4, 0.5) is 0 Å². The van der Waals surface area contributed by atoms with Gasteiger partial charge in [-0.25, -0.2) is 13.1 Å². The van der Waals surface area contributed by atoms with Gasteiger partial charge in [-0.05, 0) is 27.8 Å². The van der Waals surface area contributed by atoms with Crippen molar-refractivity contribution in [1.82, 2.24) is 30.7 Å². The molecule has 2 aromatic heterocycles. The second-order valence-electron chi connectivity index (χ2n) is 4.67. The van der Waals surface area contributed by atoms with Crippen LogP contribution in [0, 0.1) is 13.8 Å². The molecule has 0 aliphatic rings. The monoisotopic (exact) mass is 314 g/mol. The normalized spacial score (nSPS) is 13.5. The summed E-state index contributed by atoms with van der Waals surface area (Å²) in [4.78, 5) is 0.157. The molecule has 0 saturated heterocycles. The van der Waals surface area contributed by atoms with Crippen LogP contribution in [0.15, 0.2) is 9.31 Å². The minimum atomic E-state index is -3.75. The minimum Gasteiger partial charge on any atom is -0.465 e. The van der Waals surface area contributed by atoms with Crippen LogP contribution in [0.3, 0.4) is 0 Å². The Balaban J connectivity index is 2.36. The Bertz CT molecular complexity index is 707. The SMILES string of the molecule is CNCc1c(C)oc(C)c1S(=O)(=O)NC(C)c1nn[nH]n1. The number of furan rings is 1. The van der Waals surface area contributed by atoms with E-state index in [0.717, 1.165) is 0 Å². The fraction of sp³-hybridized carbons (Fsp3) is 0.545. The number of aryl methyl sites for hydroxylation is 2. The molecule has 0 amide bonds.